The standard InChI is InChI=1S/C28H22FN3O6/c1-38-21-8-9-23-22(14-21)18(15-30-23)10-11-31-25(16-4-2-6-19(29)12-16)24(27(34)28(31)35)26(33)17-5-3-7-20(13-17)32(36)37/h2-9,12-15,25,30,33H,10-11H2,1H3/b26-24-. The lowest BCUT2D eigenvalue weighted by molar-refractivity contribution is -0.384. The van der Waals surface area contributed by atoms with Gasteiger partial charge in [0.15, 0.2) is 0 Å². The number of hydrogen-bond acceptors (Lipinski definition) is 6. The molecule has 3 aromatic carbocycles. The van der Waals surface area contributed by atoms with Crippen LogP contribution < -0.4 is 4.74 Å². The van der Waals surface area contributed by atoms with E-state index in [1.807, 2.05) is 18.2 Å². The van der Waals surface area contributed by atoms with Gasteiger partial charge in [-0.05, 0) is 47.9 Å². The topological polar surface area (TPSA) is 126 Å². The first-order chi connectivity index (χ1) is 18.3. The molecule has 9 nitrogen and oxygen atoms in total. The number of rotatable bonds is 7. The molecular formula is C28H22FN3O6. The number of nitrogens with zero attached hydrogens (tertiary/aromatic N) is 2. The summed E-state index contributed by atoms with van der Waals surface area (Å²) in [6, 6.07) is 15.0. The van der Waals surface area contributed by atoms with E-state index in [2.05, 4.69) is 4.98 Å². The van der Waals surface area contributed by atoms with Crippen LogP contribution in [0.15, 0.2) is 78.5 Å². The van der Waals surface area contributed by atoms with Gasteiger partial charge < -0.3 is 19.7 Å². The number of aliphatic hydroxyl groups excluding tert-OH is 1. The summed E-state index contributed by atoms with van der Waals surface area (Å²) in [6.45, 7) is 0.0850. The van der Waals surface area contributed by atoms with E-state index in [1.54, 1.807) is 19.4 Å². The summed E-state index contributed by atoms with van der Waals surface area (Å²) in [5.74, 6) is -2.30. The Morgan fingerprint density at radius 1 is 1.13 bits per heavy atom. The molecule has 10 heteroatoms. The number of H-pyrrole nitrogens is 1. The van der Waals surface area contributed by atoms with Crippen LogP contribution in [0.1, 0.15) is 22.7 Å². The Labute approximate surface area is 215 Å². The van der Waals surface area contributed by atoms with Gasteiger partial charge in [-0.1, -0.05) is 24.3 Å². The van der Waals surface area contributed by atoms with Crippen LogP contribution in [0.25, 0.3) is 16.7 Å². The van der Waals surface area contributed by atoms with Crippen LogP contribution in [-0.4, -0.2) is 45.3 Å². The van der Waals surface area contributed by atoms with Crippen LogP contribution in [0.5, 0.6) is 5.75 Å². The first-order valence-electron chi connectivity index (χ1n) is 11.7. The van der Waals surface area contributed by atoms with Crippen molar-refractivity contribution in [2.75, 3.05) is 13.7 Å². The Morgan fingerprint density at radius 2 is 1.92 bits per heavy atom. The normalized spacial score (nSPS) is 16.8. The summed E-state index contributed by atoms with van der Waals surface area (Å²) in [5, 5.41) is 23.3. The molecule has 38 heavy (non-hydrogen) atoms. The molecule has 1 saturated heterocycles. The SMILES string of the molecule is COc1ccc2[nH]cc(CCN3C(=O)C(=O)/C(=C(\O)c4cccc([N+](=O)[O-])c4)C3c3cccc(F)c3)c2c1. The number of aromatic nitrogens is 1. The van der Waals surface area contributed by atoms with Crippen molar-refractivity contribution in [3.05, 3.63) is 111 Å². The van der Waals surface area contributed by atoms with Crippen molar-refractivity contribution in [2.45, 2.75) is 12.5 Å². The molecular weight excluding hydrogens is 493 g/mol. The zero-order valence-corrected chi connectivity index (χ0v) is 20.2. The molecule has 1 fully saturated rings. The molecule has 1 aromatic heterocycles. The number of aromatic amines is 1. The maximum atomic E-state index is 14.2. The molecule has 0 bridgehead atoms. The molecule has 0 aliphatic carbocycles. The fourth-order valence-electron chi connectivity index (χ4n) is 4.79. The lowest BCUT2D eigenvalue weighted by Crippen LogP contribution is -2.31. The van der Waals surface area contributed by atoms with Gasteiger partial charge in [0.05, 0.1) is 23.6 Å². The molecule has 1 unspecified atom stereocenters. The van der Waals surface area contributed by atoms with Crippen LogP contribution >= 0.6 is 0 Å². The lowest BCUT2D eigenvalue weighted by Gasteiger charge is -2.25. The molecule has 1 atom stereocenters. The molecule has 0 radical (unpaired) electrons. The Hall–Kier alpha value is -4.99. The van der Waals surface area contributed by atoms with Crippen LogP contribution in [0.4, 0.5) is 10.1 Å². The van der Waals surface area contributed by atoms with E-state index in [9.17, 15) is 29.2 Å². The summed E-state index contributed by atoms with van der Waals surface area (Å²) in [6.07, 6.45) is 2.16. The number of nitrogens with one attached hydrogen (secondary N) is 1. The Morgan fingerprint density at radius 3 is 2.66 bits per heavy atom. The van der Waals surface area contributed by atoms with Gasteiger partial charge in [0.2, 0.25) is 0 Å². The summed E-state index contributed by atoms with van der Waals surface area (Å²) in [4.78, 5) is 41.5. The highest BCUT2D eigenvalue weighted by molar-refractivity contribution is 6.46. The first kappa shape index (κ1) is 24.7. The number of nitro benzene ring substituents is 1. The third kappa shape index (κ3) is 4.36. The number of Topliss-reactive ketones (excluding diaryl/α,β-unsaturated/α-hetero) is 1. The van der Waals surface area contributed by atoms with E-state index >= 15 is 0 Å². The molecule has 4 aromatic rings. The average Bonchev–Trinajstić information content (AvgIpc) is 3.44. The number of hydrogen-bond donors (Lipinski definition) is 2. The number of ketones is 1. The van der Waals surface area contributed by atoms with Crippen molar-refractivity contribution >= 4 is 34.0 Å². The maximum absolute atomic E-state index is 14.2. The summed E-state index contributed by atoms with van der Waals surface area (Å²) in [7, 11) is 1.56. The van der Waals surface area contributed by atoms with E-state index in [0.29, 0.717) is 12.2 Å². The van der Waals surface area contributed by atoms with Gasteiger partial charge in [-0.15, -0.1) is 0 Å². The number of fused-ring (bicyclic) bond motifs is 1. The number of ether oxygens (including phenoxy) is 1. The van der Waals surface area contributed by atoms with E-state index < -0.39 is 34.2 Å². The van der Waals surface area contributed by atoms with Gasteiger partial charge in [0, 0.05) is 41.3 Å². The number of aliphatic hydroxyl groups is 1. The van der Waals surface area contributed by atoms with Crippen molar-refractivity contribution in [1.29, 1.82) is 0 Å². The van der Waals surface area contributed by atoms with E-state index in [0.717, 1.165) is 22.5 Å². The quantitative estimate of drug-likeness (QED) is 0.119. The maximum Gasteiger partial charge on any atom is 0.295 e. The summed E-state index contributed by atoms with van der Waals surface area (Å²) in [5.41, 5.74) is 1.48. The highest BCUT2D eigenvalue weighted by Crippen LogP contribution is 2.40. The Balaban J connectivity index is 1.57. The second-order valence-electron chi connectivity index (χ2n) is 8.83. The number of non-ortho nitro benzene ring substituents is 1. The van der Waals surface area contributed by atoms with Crippen molar-refractivity contribution in [1.82, 2.24) is 9.88 Å². The monoisotopic (exact) mass is 515 g/mol. The number of benzene rings is 3. The second-order valence-corrected chi connectivity index (χ2v) is 8.83. The molecule has 2 heterocycles. The van der Waals surface area contributed by atoms with Gasteiger partial charge in [0.1, 0.15) is 17.3 Å². The number of carbonyl (C=O) groups is 2. The van der Waals surface area contributed by atoms with Crippen molar-refractivity contribution < 1.29 is 28.7 Å². The fraction of sp³-hybridized carbons (Fsp3) is 0.143. The van der Waals surface area contributed by atoms with Crippen LogP contribution in [0.3, 0.4) is 0 Å². The molecule has 2 N–H and O–H groups in total. The third-order valence-corrected chi connectivity index (χ3v) is 6.63. The predicted octanol–water partition coefficient (Wildman–Crippen LogP) is 4.89. The summed E-state index contributed by atoms with van der Waals surface area (Å²) < 4.78 is 19.5. The van der Waals surface area contributed by atoms with Crippen LogP contribution in [0, 0.1) is 15.9 Å². The molecule has 1 aliphatic heterocycles. The van der Waals surface area contributed by atoms with E-state index in [4.69, 9.17) is 4.74 Å². The predicted molar refractivity (Wildman–Crippen MR) is 137 cm³/mol. The number of amides is 1. The zero-order chi connectivity index (χ0) is 27.0. The van der Waals surface area contributed by atoms with Crippen LogP contribution in [-0.2, 0) is 16.0 Å². The minimum atomic E-state index is -1.09. The molecule has 1 amide bonds. The first-order valence-corrected chi connectivity index (χ1v) is 11.7. The minimum Gasteiger partial charge on any atom is -0.507 e. The van der Waals surface area contributed by atoms with E-state index in [1.165, 1.54) is 41.3 Å². The number of halogens is 1. The average molecular weight is 515 g/mol. The highest BCUT2D eigenvalue weighted by atomic mass is 19.1. The Kier molecular flexibility index (Phi) is 6.38. The fourth-order valence-corrected chi connectivity index (χ4v) is 4.79. The van der Waals surface area contributed by atoms with Gasteiger partial charge in [-0.2, -0.15) is 0 Å². The van der Waals surface area contributed by atoms with Gasteiger partial charge in [-0.25, -0.2) is 4.39 Å². The third-order valence-electron chi connectivity index (χ3n) is 6.63. The highest BCUT2D eigenvalue weighted by Gasteiger charge is 2.46. The zero-order valence-electron chi connectivity index (χ0n) is 20.2. The van der Waals surface area contributed by atoms with Gasteiger partial charge >= 0.3 is 0 Å². The number of carbonyl (C=O) groups excluding carboxylic acids is 2. The van der Waals surface area contributed by atoms with Crippen molar-refractivity contribution in [3.8, 4) is 5.75 Å². The largest absolute Gasteiger partial charge is 0.507 e. The van der Waals surface area contributed by atoms with Gasteiger partial charge in [0.25, 0.3) is 17.4 Å². The molecule has 0 spiro atoms. The number of likely N-dealkylation sites (tertiary alicyclic amines) is 1. The number of nitro groups is 1. The molecule has 5 rings (SSSR count). The second kappa shape index (κ2) is 9.81. The number of methoxy groups -OCH3 is 1. The molecule has 0 saturated carbocycles. The van der Waals surface area contributed by atoms with Gasteiger partial charge in [-0.3, -0.25) is 19.7 Å². The smallest absolute Gasteiger partial charge is 0.295 e. The van der Waals surface area contributed by atoms with E-state index in [-0.39, 0.29) is 28.9 Å². The lowest BCUT2D eigenvalue weighted by atomic mass is 9.95. The van der Waals surface area contributed by atoms with Crippen LogP contribution in [0.2, 0.25) is 0 Å². The Bertz CT molecular complexity index is 1630. The van der Waals surface area contributed by atoms with Crippen molar-refractivity contribution in [3.63, 3.8) is 0 Å². The minimum absolute atomic E-state index is 0.00215. The molecule has 1 aliphatic rings. The molecule has 192 valence electrons. The summed E-state index contributed by atoms with van der Waals surface area (Å²) >= 11 is 0. The van der Waals surface area contributed by atoms with Crippen molar-refractivity contribution in [2.24, 2.45) is 0 Å².